The monoisotopic (exact) mass is 300 g/mol. The lowest BCUT2D eigenvalue weighted by Crippen LogP contribution is -1.97. The van der Waals surface area contributed by atoms with E-state index in [4.69, 9.17) is 8.83 Å². The first-order valence-corrected chi connectivity index (χ1v) is 8.04. The van der Waals surface area contributed by atoms with Crippen molar-refractivity contribution in [2.45, 2.75) is 12.3 Å². The molecule has 0 aliphatic rings. The Kier molecular flexibility index (Phi) is 4.31. The zero-order chi connectivity index (χ0) is 14.5. The summed E-state index contributed by atoms with van der Waals surface area (Å²) in [6.45, 7) is 0.677. The molecule has 0 unspecified atom stereocenters. The van der Waals surface area contributed by atoms with Crippen molar-refractivity contribution in [3.8, 4) is 11.3 Å². The zero-order valence-corrected chi connectivity index (χ0v) is 12.5. The summed E-state index contributed by atoms with van der Waals surface area (Å²) in [4.78, 5) is 3.92. The van der Waals surface area contributed by atoms with Crippen molar-refractivity contribution in [1.82, 2.24) is 4.98 Å². The van der Waals surface area contributed by atoms with E-state index in [1.165, 1.54) is 6.39 Å². The van der Waals surface area contributed by atoms with E-state index in [-0.39, 0.29) is 0 Å². The van der Waals surface area contributed by atoms with Crippen molar-refractivity contribution in [2.75, 3.05) is 11.6 Å². The Hall–Kier alpha value is -2.14. The fourth-order valence-corrected chi connectivity index (χ4v) is 2.48. The van der Waals surface area contributed by atoms with Gasteiger partial charge in [0.25, 0.3) is 0 Å². The summed E-state index contributed by atoms with van der Waals surface area (Å²) >= 11 is 1.75. The van der Waals surface area contributed by atoms with E-state index in [1.54, 1.807) is 18.0 Å². The maximum atomic E-state index is 5.72. The first kappa shape index (κ1) is 13.8. The third-order valence-electron chi connectivity index (χ3n) is 3.07. The van der Waals surface area contributed by atoms with Crippen molar-refractivity contribution >= 4 is 17.4 Å². The number of nitrogens with one attached hydrogen (secondary N) is 1. The number of rotatable bonds is 6. The molecule has 3 aromatic rings. The Morgan fingerprint density at radius 3 is 2.62 bits per heavy atom. The molecule has 0 aliphatic heterocycles. The normalized spacial score (nSPS) is 10.7. The van der Waals surface area contributed by atoms with E-state index in [2.05, 4.69) is 16.6 Å². The van der Waals surface area contributed by atoms with E-state index < -0.39 is 0 Å². The molecule has 0 aliphatic carbocycles. The molecule has 2 heterocycles. The van der Waals surface area contributed by atoms with Crippen molar-refractivity contribution in [3.05, 3.63) is 60.5 Å². The van der Waals surface area contributed by atoms with Crippen LogP contribution in [0.3, 0.4) is 0 Å². The predicted molar refractivity (Wildman–Crippen MR) is 85.2 cm³/mol. The van der Waals surface area contributed by atoms with Crippen LogP contribution in [0.25, 0.3) is 11.3 Å². The molecule has 0 spiro atoms. The second-order valence-electron chi connectivity index (χ2n) is 4.60. The van der Waals surface area contributed by atoms with Gasteiger partial charge in [-0.05, 0) is 42.7 Å². The number of benzene rings is 1. The minimum Gasteiger partial charge on any atom is -0.463 e. The first-order valence-electron chi connectivity index (χ1n) is 6.64. The van der Waals surface area contributed by atoms with Crippen LogP contribution in [0.4, 0.5) is 5.69 Å². The minimum absolute atomic E-state index is 0.677. The van der Waals surface area contributed by atoms with Gasteiger partial charge in [-0.2, -0.15) is 11.8 Å². The van der Waals surface area contributed by atoms with Gasteiger partial charge in [-0.25, -0.2) is 4.98 Å². The summed E-state index contributed by atoms with van der Waals surface area (Å²) in [5, 5.41) is 3.34. The highest BCUT2D eigenvalue weighted by Crippen LogP contribution is 2.21. The molecule has 1 aromatic carbocycles. The summed E-state index contributed by atoms with van der Waals surface area (Å²) < 4.78 is 11.0. The standard InChI is InChI=1S/C16H16N2O2S/c1-21-10-15-7-6-14(20-15)8-18-13-4-2-12(3-5-13)16-9-17-11-19-16/h2-7,9,11,18H,8,10H2,1H3. The van der Waals surface area contributed by atoms with Gasteiger partial charge < -0.3 is 14.2 Å². The van der Waals surface area contributed by atoms with E-state index in [9.17, 15) is 0 Å². The van der Waals surface area contributed by atoms with Crippen LogP contribution in [0.5, 0.6) is 0 Å². The van der Waals surface area contributed by atoms with Gasteiger partial charge in [0, 0.05) is 11.3 Å². The maximum absolute atomic E-state index is 5.72. The third-order valence-corrected chi connectivity index (χ3v) is 3.65. The van der Waals surface area contributed by atoms with Crippen LogP contribution in [-0.4, -0.2) is 11.2 Å². The molecule has 3 rings (SSSR count). The van der Waals surface area contributed by atoms with Gasteiger partial charge in [0.1, 0.15) is 11.5 Å². The molecule has 21 heavy (non-hydrogen) atoms. The number of hydrogen-bond acceptors (Lipinski definition) is 5. The summed E-state index contributed by atoms with van der Waals surface area (Å²) in [7, 11) is 0. The molecular weight excluding hydrogens is 284 g/mol. The highest BCUT2D eigenvalue weighted by molar-refractivity contribution is 7.97. The molecule has 0 radical (unpaired) electrons. The van der Waals surface area contributed by atoms with Gasteiger partial charge in [0.2, 0.25) is 0 Å². The largest absolute Gasteiger partial charge is 0.463 e. The zero-order valence-electron chi connectivity index (χ0n) is 11.7. The Morgan fingerprint density at radius 1 is 1.10 bits per heavy atom. The van der Waals surface area contributed by atoms with E-state index in [0.717, 1.165) is 34.3 Å². The fraction of sp³-hybridized carbons (Fsp3) is 0.188. The van der Waals surface area contributed by atoms with Crippen molar-refractivity contribution in [3.63, 3.8) is 0 Å². The van der Waals surface area contributed by atoms with Crippen LogP contribution in [-0.2, 0) is 12.3 Å². The summed E-state index contributed by atoms with van der Waals surface area (Å²) in [6.07, 6.45) is 5.21. The molecule has 0 fully saturated rings. The summed E-state index contributed by atoms with van der Waals surface area (Å²) in [5.41, 5.74) is 2.05. The second kappa shape index (κ2) is 6.54. The number of hydrogen-bond donors (Lipinski definition) is 1. The molecule has 0 bridgehead atoms. The molecule has 2 aromatic heterocycles. The number of aromatic nitrogens is 1. The van der Waals surface area contributed by atoms with Gasteiger partial charge in [0.15, 0.2) is 12.2 Å². The Balaban J connectivity index is 1.60. The first-order chi connectivity index (χ1) is 10.3. The van der Waals surface area contributed by atoms with Gasteiger partial charge in [-0.15, -0.1) is 0 Å². The van der Waals surface area contributed by atoms with Crippen LogP contribution in [0.1, 0.15) is 11.5 Å². The molecule has 4 nitrogen and oxygen atoms in total. The van der Waals surface area contributed by atoms with Crippen molar-refractivity contribution in [1.29, 1.82) is 0 Å². The topological polar surface area (TPSA) is 51.2 Å². The average Bonchev–Trinajstić information content (AvgIpc) is 3.18. The van der Waals surface area contributed by atoms with Gasteiger partial charge in [0.05, 0.1) is 18.5 Å². The molecule has 1 N–H and O–H groups in total. The lowest BCUT2D eigenvalue weighted by molar-refractivity contribution is 0.487. The van der Waals surface area contributed by atoms with E-state index in [1.807, 2.05) is 36.4 Å². The molecule has 108 valence electrons. The van der Waals surface area contributed by atoms with Crippen LogP contribution < -0.4 is 5.32 Å². The predicted octanol–water partition coefficient (Wildman–Crippen LogP) is 4.41. The minimum atomic E-state index is 0.677. The maximum Gasteiger partial charge on any atom is 0.181 e. The molecule has 0 amide bonds. The van der Waals surface area contributed by atoms with Gasteiger partial charge in [-0.3, -0.25) is 0 Å². The van der Waals surface area contributed by atoms with Crippen LogP contribution >= 0.6 is 11.8 Å². The van der Waals surface area contributed by atoms with Gasteiger partial charge in [-0.1, -0.05) is 0 Å². The van der Waals surface area contributed by atoms with Crippen molar-refractivity contribution < 1.29 is 8.83 Å². The number of oxazole rings is 1. The second-order valence-corrected chi connectivity index (χ2v) is 5.46. The molecule has 0 saturated carbocycles. The van der Waals surface area contributed by atoms with E-state index in [0.29, 0.717) is 6.54 Å². The molecule has 0 atom stereocenters. The van der Waals surface area contributed by atoms with Crippen molar-refractivity contribution in [2.24, 2.45) is 0 Å². The lowest BCUT2D eigenvalue weighted by atomic mass is 10.1. The fourth-order valence-electron chi connectivity index (χ4n) is 2.04. The summed E-state index contributed by atoms with van der Waals surface area (Å²) in [5.74, 6) is 3.64. The van der Waals surface area contributed by atoms with Crippen LogP contribution in [0.2, 0.25) is 0 Å². The number of thioether (sulfide) groups is 1. The molecule has 5 heteroatoms. The van der Waals surface area contributed by atoms with Crippen LogP contribution in [0.15, 0.2) is 57.8 Å². The number of anilines is 1. The Labute approximate surface area is 127 Å². The number of furan rings is 1. The number of nitrogens with zero attached hydrogens (tertiary/aromatic N) is 1. The highest BCUT2D eigenvalue weighted by Gasteiger charge is 2.03. The van der Waals surface area contributed by atoms with E-state index >= 15 is 0 Å². The summed E-state index contributed by atoms with van der Waals surface area (Å²) in [6, 6.07) is 12.1. The molecular formula is C16H16N2O2S. The lowest BCUT2D eigenvalue weighted by Gasteiger charge is -2.05. The smallest absolute Gasteiger partial charge is 0.181 e. The quantitative estimate of drug-likeness (QED) is 0.730. The Morgan fingerprint density at radius 2 is 1.90 bits per heavy atom. The van der Waals surface area contributed by atoms with Gasteiger partial charge >= 0.3 is 0 Å². The highest BCUT2D eigenvalue weighted by atomic mass is 32.2. The SMILES string of the molecule is CSCc1ccc(CNc2ccc(-c3cnco3)cc2)o1. The Bertz CT molecular complexity index is 675. The third kappa shape index (κ3) is 3.49. The molecule has 0 saturated heterocycles. The average molecular weight is 300 g/mol. The van der Waals surface area contributed by atoms with Crippen LogP contribution in [0, 0.1) is 0 Å².